The summed E-state index contributed by atoms with van der Waals surface area (Å²) in [6, 6.07) is 5.60. The van der Waals surface area contributed by atoms with Crippen molar-refractivity contribution in [3.63, 3.8) is 0 Å². The second-order valence-corrected chi connectivity index (χ2v) is 6.99. The highest BCUT2D eigenvalue weighted by atomic mass is 32.1. The third-order valence-electron chi connectivity index (χ3n) is 4.44. The highest BCUT2D eigenvalue weighted by Gasteiger charge is 2.22. The molecule has 0 aliphatic heterocycles. The van der Waals surface area contributed by atoms with Gasteiger partial charge < -0.3 is 24.6 Å². The number of hydrogen-bond acceptors (Lipinski definition) is 7. The van der Waals surface area contributed by atoms with Crippen molar-refractivity contribution in [2.45, 2.75) is 18.8 Å². The molecule has 0 radical (unpaired) electrons. The number of aliphatic hydroxyl groups excluding tert-OH is 1. The Morgan fingerprint density at radius 1 is 1.19 bits per heavy atom. The normalized spacial score (nSPS) is 19.7. The van der Waals surface area contributed by atoms with Crippen LogP contribution < -0.4 is 14.8 Å². The minimum absolute atomic E-state index is 0.0260. The van der Waals surface area contributed by atoms with Gasteiger partial charge in [0.2, 0.25) is 0 Å². The van der Waals surface area contributed by atoms with E-state index in [-0.39, 0.29) is 12.0 Å². The molecule has 1 aliphatic rings. The van der Waals surface area contributed by atoms with Crippen LogP contribution in [0.25, 0.3) is 11.3 Å². The molecule has 3 atom stereocenters. The van der Waals surface area contributed by atoms with Crippen molar-refractivity contribution in [2.75, 3.05) is 26.6 Å². The standard InChI is InChI=1S/C20H24N2O4S/c1-24-14-8-9-15(18(11-14)26-3)16-12-27-20(21-16)22-19(23)10-13-6-4-5-7-17(13)25-2/h4-9,11-13,17,19,23H,10H2,1-3H3,(H,21,22). The molecule has 1 aromatic heterocycles. The molecule has 0 saturated carbocycles. The number of thiazole rings is 1. The van der Waals surface area contributed by atoms with Gasteiger partial charge in [-0.1, -0.05) is 24.3 Å². The van der Waals surface area contributed by atoms with Gasteiger partial charge in [0, 0.05) is 36.5 Å². The molecule has 2 N–H and O–H groups in total. The number of aromatic nitrogens is 1. The first kappa shape index (κ1) is 19.4. The maximum atomic E-state index is 10.4. The molecule has 2 aromatic rings. The second-order valence-electron chi connectivity index (χ2n) is 6.13. The van der Waals surface area contributed by atoms with Crippen molar-refractivity contribution < 1.29 is 19.3 Å². The first-order valence-corrected chi connectivity index (χ1v) is 9.53. The Morgan fingerprint density at radius 3 is 2.74 bits per heavy atom. The largest absolute Gasteiger partial charge is 0.497 e. The maximum absolute atomic E-state index is 10.4. The maximum Gasteiger partial charge on any atom is 0.185 e. The molecule has 1 aliphatic carbocycles. The topological polar surface area (TPSA) is 72.8 Å². The van der Waals surface area contributed by atoms with Crippen LogP contribution in [0.3, 0.4) is 0 Å². The average Bonchev–Trinajstić information content (AvgIpc) is 3.15. The first-order chi connectivity index (χ1) is 13.1. The van der Waals surface area contributed by atoms with Crippen LogP contribution in [0.15, 0.2) is 47.9 Å². The average molecular weight is 388 g/mol. The fourth-order valence-electron chi connectivity index (χ4n) is 3.03. The Bertz CT molecular complexity index is 818. The Hall–Kier alpha value is -2.35. The summed E-state index contributed by atoms with van der Waals surface area (Å²) in [5.74, 6) is 1.53. The summed E-state index contributed by atoms with van der Waals surface area (Å²) in [6.45, 7) is 0. The lowest BCUT2D eigenvalue weighted by Gasteiger charge is -2.25. The van der Waals surface area contributed by atoms with Gasteiger partial charge in [-0.2, -0.15) is 0 Å². The summed E-state index contributed by atoms with van der Waals surface area (Å²) in [6.07, 6.45) is 7.76. The minimum Gasteiger partial charge on any atom is -0.497 e. The predicted octanol–water partition coefficient (Wildman–Crippen LogP) is 3.70. The van der Waals surface area contributed by atoms with Gasteiger partial charge in [0.05, 0.1) is 26.0 Å². The zero-order valence-corrected chi connectivity index (χ0v) is 16.4. The quantitative estimate of drug-likeness (QED) is 0.672. The van der Waals surface area contributed by atoms with E-state index in [0.29, 0.717) is 17.3 Å². The molecule has 3 rings (SSSR count). The molecule has 144 valence electrons. The van der Waals surface area contributed by atoms with Crippen molar-refractivity contribution in [1.29, 1.82) is 0 Å². The summed E-state index contributed by atoms with van der Waals surface area (Å²) in [5.41, 5.74) is 1.65. The fourth-order valence-corrected chi connectivity index (χ4v) is 3.79. The molecule has 27 heavy (non-hydrogen) atoms. The van der Waals surface area contributed by atoms with Crippen LogP contribution in [0.5, 0.6) is 11.5 Å². The Kier molecular flexibility index (Phi) is 6.49. The van der Waals surface area contributed by atoms with Gasteiger partial charge >= 0.3 is 0 Å². The highest BCUT2D eigenvalue weighted by molar-refractivity contribution is 7.14. The van der Waals surface area contributed by atoms with E-state index in [4.69, 9.17) is 14.2 Å². The number of rotatable bonds is 8. The molecule has 1 aromatic carbocycles. The van der Waals surface area contributed by atoms with E-state index in [9.17, 15) is 5.11 Å². The molecule has 1 heterocycles. The fraction of sp³-hybridized carbons (Fsp3) is 0.350. The van der Waals surface area contributed by atoms with Gasteiger partial charge in [0.1, 0.15) is 17.7 Å². The summed E-state index contributed by atoms with van der Waals surface area (Å²) < 4.78 is 16.1. The number of anilines is 1. The summed E-state index contributed by atoms with van der Waals surface area (Å²) in [7, 11) is 4.91. The number of methoxy groups -OCH3 is 3. The van der Waals surface area contributed by atoms with Crippen molar-refractivity contribution >= 4 is 16.5 Å². The molecule has 0 amide bonds. The Morgan fingerprint density at radius 2 is 2.00 bits per heavy atom. The van der Waals surface area contributed by atoms with Crippen LogP contribution in [0.1, 0.15) is 6.42 Å². The van der Waals surface area contributed by atoms with E-state index in [0.717, 1.165) is 17.0 Å². The zero-order valence-electron chi connectivity index (χ0n) is 15.6. The molecule has 0 spiro atoms. The van der Waals surface area contributed by atoms with Crippen molar-refractivity contribution in [1.82, 2.24) is 4.98 Å². The van der Waals surface area contributed by atoms with E-state index in [1.165, 1.54) is 11.3 Å². The monoisotopic (exact) mass is 388 g/mol. The van der Waals surface area contributed by atoms with Crippen LogP contribution >= 0.6 is 11.3 Å². The third kappa shape index (κ3) is 4.68. The van der Waals surface area contributed by atoms with E-state index < -0.39 is 6.23 Å². The molecule has 3 unspecified atom stereocenters. The molecule has 0 bridgehead atoms. The van der Waals surface area contributed by atoms with Crippen LogP contribution in [0.4, 0.5) is 5.13 Å². The molecular formula is C20H24N2O4S. The number of hydrogen-bond donors (Lipinski definition) is 2. The summed E-state index contributed by atoms with van der Waals surface area (Å²) in [5, 5.41) is 16.1. The number of allylic oxidation sites excluding steroid dienone is 2. The lowest BCUT2D eigenvalue weighted by molar-refractivity contribution is 0.0786. The smallest absolute Gasteiger partial charge is 0.185 e. The molecule has 6 nitrogen and oxygen atoms in total. The van der Waals surface area contributed by atoms with Crippen molar-refractivity contribution in [3.8, 4) is 22.8 Å². The number of benzene rings is 1. The third-order valence-corrected chi connectivity index (χ3v) is 5.21. The van der Waals surface area contributed by atoms with Gasteiger partial charge in [-0.25, -0.2) is 4.98 Å². The van der Waals surface area contributed by atoms with Gasteiger partial charge in [-0.3, -0.25) is 0 Å². The summed E-state index contributed by atoms with van der Waals surface area (Å²) in [4.78, 5) is 4.58. The van der Waals surface area contributed by atoms with Crippen LogP contribution in [-0.4, -0.2) is 43.8 Å². The van der Waals surface area contributed by atoms with E-state index in [1.54, 1.807) is 21.3 Å². The van der Waals surface area contributed by atoms with Crippen LogP contribution in [0, 0.1) is 5.92 Å². The van der Waals surface area contributed by atoms with E-state index in [1.807, 2.05) is 41.8 Å². The van der Waals surface area contributed by atoms with Gasteiger partial charge in [0.25, 0.3) is 0 Å². The minimum atomic E-state index is -0.722. The number of nitrogens with one attached hydrogen (secondary N) is 1. The van der Waals surface area contributed by atoms with Gasteiger partial charge in [-0.05, 0) is 12.1 Å². The Balaban J connectivity index is 1.67. The number of ether oxygens (including phenoxy) is 3. The van der Waals surface area contributed by atoms with Crippen molar-refractivity contribution in [2.24, 2.45) is 5.92 Å². The zero-order chi connectivity index (χ0) is 19.2. The predicted molar refractivity (Wildman–Crippen MR) is 107 cm³/mol. The molecule has 0 fully saturated rings. The highest BCUT2D eigenvalue weighted by Crippen LogP contribution is 2.35. The van der Waals surface area contributed by atoms with E-state index >= 15 is 0 Å². The lowest BCUT2D eigenvalue weighted by atomic mass is 9.93. The second kappa shape index (κ2) is 9.03. The molecular weight excluding hydrogens is 364 g/mol. The summed E-state index contributed by atoms with van der Waals surface area (Å²) >= 11 is 1.44. The van der Waals surface area contributed by atoms with Gasteiger partial charge in [-0.15, -0.1) is 11.3 Å². The Labute approximate surface area is 163 Å². The number of nitrogens with zero attached hydrogens (tertiary/aromatic N) is 1. The van der Waals surface area contributed by atoms with Crippen LogP contribution in [-0.2, 0) is 4.74 Å². The first-order valence-electron chi connectivity index (χ1n) is 8.65. The van der Waals surface area contributed by atoms with E-state index in [2.05, 4.69) is 16.4 Å². The number of aliphatic hydroxyl groups is 1. The molecule has 7 heteroatoms. The van der Waals surface area contributed by atoms with Crippen molar-refractivity contribution in [3.05, 3.63) is 47.9 Å². The lowest BCUT2D eigenvalue weighted by Crippen LogP contribution is -2.29. The van der Waals surface area contributed by atoms with Gasteiger partial charge in [0.15, 0.2) is 5.13 Å². The van der Waals surface area contributed by atoms with Crippen LogP contribution in [0.2, 0.25) is 0 Å². The molecule has 0 saturated heterocycles. The SMILES string of the molecule is COc1ccc(-c2csc(NC(O)CC3C=CC=CC3OC)n2)c(OC)c1.